The number of benzene rings is 2. The number of aryl methyl sites for hydroxylation is 1. The average Bonchev–Trinajstić information content (AvgIpc) is 3.32. The number of para-hydroxylation sites is 2. The molecule has 1 fully saturated rings. The summed E-state index contributed by atoms with van der Waals surface area (Å²) in [5, 5.41) is 0. The van der Waals surface area contributed by atoms with Gasteiger partial charge in [-0.25, -0.2) is 0 Å². The Hall–Kier alpha value is -2.82. The van der Waals surface area contributed by atoms with E-state index in [4.69, 9.17) is 4.42 Å². The molecule has 2 heterocycles. The van der Waals surface area contributed by atoms with Crippen molar-refractivity contribution in [2.75, 3.05) is 31.1 Å². The molecule has 5 nitrogen and oxygen atoms in total. The van der Waals surface area contributed by atoms with E-state index in [1.54, 1.807) is 0 Å². The van der Waals surface area contributed by atoms with Crippen LogP contribution in [0.25, 0.3) is 11.1 Å². The van der Waals surface area contributed by atoms with Crippen molar-refractivity contribution in [3.63, 3.8) is 0 Å². The number of hydrogen-bond acceptors (Lipinski definition) is 4. The zero-order valence-corrected chi connectivity index (χ0v) is 15.3. The fourth-order valence-electron chi connectivity index (χ4n) is 4.34. The van der Waals surface area contributed by atoms with E-state index in [9.17, 15) is 4.79 Å². The highest BCUT2D eigenvalue weighted by Crippen LogP contribution is 2.35. The number of amides is 1. The molecular weight excluding hydrogens is 338 g/mol. The zero-order chi connectivity index (χ0) is 18.2. The van der Waals surface area contributed by atoms with E-state index >= 15 is 0 Å². The topological polar surface area (TPSA) is 49.6 Å². The van der Waals surface area contributed by atoms with Gasteiger partial charge < -0.3 is 14.2 Å². The molecule has 1 aromatic heterocycles. The minimum Gasteiger partial charge on any atom is -0.423 e. The van der Waals surface area contributed by atoms with Gasteiger partial charge in [0.25, 0.3) is 6.01 Å². The summed E-state index contributed by atoms with van der Waals surface area (Å²) in [7, 11) is 0. The van der Waals surface area contributed by atoms with Crippen LogP contribution in [0.2, 0.25) is 0 Å². The Morgan fingerprint density at radius 3 is 2.67 bits per heavy atom. The number of piperazine rings is 1. The molecule has 1 unspecified atom stereocenters. The van der Waals surface area contributed by atoms with Crippen molar-refractivity contribution in [1.29, 1.82) is 0 Å². The molecule has 1 atom stereocenters. The standard InChI is InChI=1S/C22H23N3O2/c26-21(15-17-10-9-16-5-1-2-6-18(16)17)24-11-13-25(14-12-24)22-23-19-7-3-4-8-20(19)27-22/h1-8,17H,9-15H2. The van der Waals surface area contributed by atoms with Crippen molar-refractivity contribution in [2.24, 2.45) is 0 Å². The van der Waals surface area contributed by atoms with Crippen molar-refractivity contribution >= 4 is 23.0 Å². The second kappa shape index (κ2) is 6.72. The van der Waals surface area contributed by atoms with Crippen molar-refractivity contribution in [1.82, 2.24) is 9.88 Å². The van der Waals surface area contributed by atoms with Crippen LogP contribution in [0.5, 0.6) is 0 Å². The molecule has 0 saturated carbocycles. The third-order valence-electron chi connectivity index (χ3n) is 5.86. The van der Waals surface area contributed by atoms with E-state index in [1.165, 1.54) is 11.1 Å². The summed E-state index contributed by atoms with van der Waals surface area (Å²) in [4.78, 5) is 21.5. The minimum absolute atomic E-state index is 0.272. The van der Waals surface area contributed by atoms with Gasteiger partial charge in [0.1, 0.15) is 5.52 Å². The lowest BCUT2D eigenvalue weighted by atomic mass is 9.97. The lowest BCUT2D eigenvalue weighted by Gasteiger charge is -2.34. The molecule has 1 aliphatic carbocycles. The Kier molecular flexibility index (Phi) is 4.07. The zero-order valence-electron chi connectivity index (χ0n) is 15.3. The summed E-state index contributed by atoms with van der Waals surface area (Å²) in [5.74, 6) is 0.651. The first-order valence-electron chi connectivity index (χ1n) is 9.74. The number of nitrogens with zero attached hydrogens (tertiary/aromatic N) is 3. The van der Waals surface area contributed by atoms with Gasteiger partial charge >= 0.3 is 0 Å². The fraction of sp³-hybridized carbons (Fsp3) is 0.364. The smallest absolute Gasteiger partial charge is 0.298 e. The van der Waals surface area contributed by atoms with Crippen molar-refractivity contribution < 1.29 is 9.21 Å². The van der Waals surface area contributed by atoms with Gasteiger partial charge in [-0.1, -0.05) is 36.4 Å². The molecule has 5 heteroatoms. The van der Waals surface area contributed by atoms with E-state index < -0.39 is 0 Å². The van der Waals surface area contributed by atoms with Gasteiger partial charge in [-0.05, 0) is 42.0 Å². The SMILES string of the molecule is O=C(CC1CCc2ccccc21)N1CCN(c2nc3ccccc3o2)CC1. The quantitative estimate of drug-likeness (QED) is 0.715. The molecule has 0 bridgehead atoms. The Morgan fingerprint density at radius 2 is 1.81 bits per heavy atom. The molecule has 2 aromatic carbocycles. The number of anilines is 1. The van der Waals surface area contributed by atoms with Crippen LogP contribution in [0, 0.1) is 0 Å². The summed E-state index contributed by atoms with van der Waals surface area (Å²) in [6, 6.07) is 17.0. The van der Waals surface area contributed by atoms with Crippen LogP contribution in [0.3, 0.4) is 0 Å². The largest absolute Gasteiger partial charge is 0.423 e. The summed E-state index contributed by atoms with van der Waals surface area (Å²) in [5.41, 5.74) is 4.48. The Labute approximate surface area is 158 Å². The second-order valence-corrected chi connectivity index (χ2v) is 7.47. The highest BCUT2D eigenvalue weighted by Gasteiger charge is 2.29. The minimum atomic E-state index is 0.272. The molecule has 0 spiro atoms. The molecular formula is C22H23N3O2. The summed E-state index contributed by atoms with van der Waals surface area (Å²) in [6.07, 6.45) is 2.81. The lowest BCUT2D eigenvalue weighted by Crippen LogP contribution is -2.49. The average molecular weight is 361 g/mol. The first kappa shape index (κ1) is 16.4. The Bertz CT molecular complexity index is 939. The third kappa shape index (κ3) is 3.07. The van der Waals surface area contributed by atoms with Crippen LogP contribution in [0.4, 0.5) is 6.01 Å². The Balaban J connectivity index is 1.21. The van der Waals surface area contributed by atoms with Gasteiger partial charge in [-0.3, -0.25) is 4.79 Å². The molecule has 1 saturated heterocycles. The van der Waals surface area contributed by atoms with Crippen LogP contribution in [-0.4, -0.2) is 42.0 Å². The lowest BCUT2D eigenvalue weighted by molar-refractivity contribution is -0.131. The number of aromatic nitrogens is 1. The highest BCUT2D eigenvalue weighted by molar-refractivity contribution is 5.78. The number of carbonyl (C=O) groups is 1. The first-order valence-corrected chi connectivity index (χ1v) is 9.74. The third-order valence-corrected chi connectivity index (χ3v) is 5.86. The van der Waals surface area contributed by atoms with Crippen molar-refractivity contribution in [3.05, 3.63) is 59.7 Å². The molecule has 1 aliphatic heterocycles. The molecule has 2 aliphatic rings. The summed E-state index contributed by atoms with van der Waals surface area (Å²) in [6.45, 7) is 2.98. The van der Waals surface area contributed by atoms with Gasteiger partial charge in [0.2, 0.25) is 5.91 Å². The van der Waals surface area contributed by atoms with Crippen LogP contribution >= 0.6 is 0 Å². The van der Waals surface area contributed by atoms with E-state index in [1.807, 2.05) is 29.2 Å². The predicted octanol–water partition coefficient (Wildman–Crippen LogP) is 3.60. The monoisotopic (exact) mass is 361 g/mol. The van der Waals surface area contributed by atoms with Gasteiger partial charge in [0, 0.05) is 32.6 Å². The van der Waals surface area contributed by atoms with Crippen molar-refractivity contribution in [2.45, 2.75) is 25.2 Å². The van der Waals surface area contributed by atoms with Crippen molar-refractivity contribution in [3.8, 4) is 0 Å². The number of fused-ring (bicyclic) bond motifs is 2. The van der Waals surface area contributed by atoms with E-state index in [-0.39, 0.29) is 5.91 Å². The van der Waals surface area contributed by atoms with E-state index in [2.05, 4.69) is 34.1 Å². The normalized spacial score (nSPS) is 19.5. The molecule has 27 heavy (non-hydrogen) atoms. The number of hydrogen-bond donors (Lipinski definition) is 0. The second-order valence-electron chi connectivity index (χ2n) is 7.47. The molecule has 1 amide bonds. The van der Waals surface area contributed by atoms with Gasteiger partial charge in [-0.15, -0.1) is 0 Å². The van der Waals surface area contributed by atoms with Crippen LogP contribution < -0.4 is 4.90 Å². The van der Waals surface area contributed by atoms with Crippen LogP contribution in [0.1, 0.15) is 29.9 Å². The van der Waals surface area contributed by atoms with Gasteiger partial charge in [0.05, 0.1) is 0 Å². The first-order chi connectivity index (χ1) is 13.3. The maximum absolute atomic E-state index is 12.8. The van der Waals surface area contributed by atoms with Gasteiger partial charge in [-0.2, -0.15) is 4.98 Å². The maximum Gasteiger partial charge on any atom is 0.298 e. The molecule has 3 aromatic rings. The Morgan fingerprint density at radius 1 is 1.04 bits per heavy atom. The predicted molar refractivity (Wildman–Crippen MR) is 105 cm³/mol. The number of rotatable bonds is 3. The molecule has 0 N–H and O–H groups in total. The number of carbonyl (C=O) groups excluding carboxylic acids is 1. The highest BCUT2D eigenvalue weighted by atomic mass is 16.4. The summed E-state index contributed by atoms with van der Waals surface area (Å²) < 4.78 is 5.86. The molecule has 5 rings (SSSR count). The fourth-order valence-corrected chi connectivity index (χ4v) is 4.34. The summed E-state index contributed by atoms with van der Waals surface area (Å²) >= 11 is 0. The van der Waals surface area contributed by atoms with E-state index in [0.29, 0.717) is 18.4 Å². The number of oxazole rings is 1. The molecule has 138 valence electrons. The van der Waals surface area contributed by atoms with Crippen LogP contribution in [-0.2, 0) is 11.2 Å². The van der Waals surface area contributed by atoms with E-state index in [0.717, 1.165) is 50.1 Å². The van der Waals surface area contributed by atoms with Gasteiger partial charge in [0.15, 0.2) is 5.58 Å². The molecule has 0 radical (unpaired) electrons. The van der Waals surface area contributed by atoms with Crippen LogP contribution in [0.15, 0.2) is 52.9 Å². The maximum atomic E-state index is 12.8.